The molecule has 0 radical (unpaired) electrons. The summed E-state index contributed by atoms with van der Waals surface area (Å²) < 4.78 is 61.3. The van der Waals surface area contributed by atoms with E-state index in [1.807, 2.05) is 0 Å². The number of methoxy groups -OCH3 is 1. The van der Waals surface area contributed by atoms with Crippen LogP contribution in [0.25, 0.3) is 0 Å². The molecule has 168 valence electrons. The first-order valence-electron chi connectivity index (χ1n) is 9.30. The number of hydrogen-bond acceptors (Lipinski definition) is 5. The molecule has 0 bridgehead atoms. The summed E-state index contributed by atoms with van der Waals surface area (Å²) >= 11 is 0. The number of rotatable bonds is 8. The van der Waals surface area contributed by atoms with Gasteiger partial charge in [0.15, 0.2) is 11.5 Å². The molecule has 1 amide bonds. The first-order chi connectivity index (χ1) is 15.2. The Morgan fingerprint density at radius 2 is 1.62 bits per heavy atom. The van der Waals surface area contributed by atoms with Crippen molar-refractivity contribution in [2.75, 3.05) is 23.8 Å². The van der Waals surface area contributed by atoms with Crippen molar-refractivity contribution in [3.63, 3.8) is 0 Å². The second-order valence-corrected chi connectivity index (χ2v) is 8.50. The molecule has 3 aromatic rings. The van der Waals surface area contributed by atoms with Crippen LogP contribution in [-0.2, 0) is 10.0 Å². The molecule has 0 saturated heterocycles. The molecular formula is C22H20F2N2O5S. The molecule has 10 heteroatoms. The van der Waals surface area contributed by atoms with Gasteiger partial charge in [-0.3, -0.25) is 9.10 Å². The van der Waals surface area contributed by atoms with Crippen molar-refractivity contribution in [1.82, 2.24) is 0 Å². The number of carbonyl (C=O) groups excluding carboxylic acids is 1. The van der Waals surface area contributed by atoms with Crippen LogP contribution < -0.4 is 19.1 Å². The third-order valence-corrected chi connectivity index (χ3v) is 6.33. The van der Waals surface area contributed by atoms with Crippen molar-refractivity contribution in [2.45, 2.75) is 11.5 Å². The molecule has 0 unspecified atom stereocenters. The van der Waals surface area contributed by atoms with E-state index in [0.717, 1.165) is 4.31 Å². The Labute approximate surface area is 184 Å². The van der Waals surface area contributed by atoms with E-state index in [1.165, 1.54) is 56.6 Å². The molecule has 32 heavy (non-hydrogen) atoms. The van der Waals surface area contributed by atoms with Gasteiger partial charge in [0, 0.05) is 24.4 Å². The van der Waals surface area contributed by atoms with E-state index < -0.39 is 22.5 Å². The summed E-state index contributed by atoms with van der Waals surface area (Å²) in [5.74, 6) is -0.704. The van der Waals surface area contributed by atoms with Crippen LogP contribution in [0.15, 0.2) is 77.7 Å². The Bertz CT molecular complexity index is 1190. The molecule has 0 heterocycles. The molecule has 0 aliphatic rings. The summed E-state index contributed by atoms with van der Waals surface area (Å²) in [5.41, 5.74) is 0.876. The van der Waals surface area contributed by atoms with Crippen molar-refractivity contribution in [1.29, 1.82) is 0 Å². The average molecular weight is 462 g/mol. The highest BCUT2D eigenvalue weighted by Crippen LogP contribution is 2.31. The number of nitrogens with one attached hydrogen (secondary N) is 1. The first kappa shape index (κ1) is 23.0. The van der Waals surface area contributed by atoms with Gasteiger partial charge in [-0.1, -0.05) is 18.2 Å². The van der Waals surface area contributed by atoms with Gasteiger partial charge in [-0.05, 0) is 48.5 Å². The summed E-state index contributed by atoms with van der Waals surface area (Å²) in [5, 5.41) is 2.55. The molecule has 0 aromatic heterocycles. The van der Waals surface area contributed by atoms with Gasteiger partial charge in [0.05, 0.1) is 17.7 Å². The number of ether oxygens (including phenoxy) is 2. The van der Waals surface area contributed by atoms with Crippen molar-refractivity contribution in [3.8, 4) is 11.5 Å². The van der Waals surface area contributed by atoms with Crippen LogP contribution in [0.1, 0.15) is 10.4 Å². The lowest BCUT2D eigenvalue weighted by Crippen LogP contribution is -2.26. The van der Waals surface area contributed by atoms with E-state index in [4.69, 9.17) is 4.74 Å². The molecule has 0 saturated carbocycles. The summed E-state index contributed by atoms with van der Waals surface area (Å²) in [6.07, 6.45) is 0. The van der Waals surface area contributed by atoms with Gasteiger partial charge < -0.3 is 14.8 Å². The number of halogens is 2. The van der Waals surface area contributed by atoms with Crippen LogP contribution in [0, 0.1) is 0 Å². The number of anilines is 2. The highest BCUT2D eigenvalue weighted by atomic mass is 32.2. The molecule has 7 nitrogen and oxygen atoms in total. The van der Waals surface area contributed by atoms with Crippen LogP contribution >= 0.6 is 0 Å². The Hall–Kier alpha value is -3.66. The SMILES string of the molecule is COc1ccc(NC(=O)c2ccc(S(=O)(=O)N(C)c3ccccc3)cc2)cc1OC(F)F. The predicted molar refractivity (Wildman–Crippen MR) is 116 cm³/mol. The van der Waals surface area contributed by atoms with Crippen molar-refractivity contribution in [2.24, 2.45) is 0 Å². The highest BCUT2D eigenvalue weighted by molar-refractivity contribution is 7.92. The van der Waals surface area contributed by atoms with E-state index in [0.29, 0.717) is 5.69 Å². The van der Waals surface area contributed by atoms with Gasteiger partial charge in [-0.25, -0.2) is 8.42 Å². The zero-order valence-corrected chi connectivity index (χ0v) is 18.0. The van der Waals surface area contributed by atoms with Gasteiger partial charge >= 0.3 is 6.61 Å². The zero-order valence-electron chi connectivity index (χ0n) is 17.2. The van der Waals surface area contributed by atoms with Crippen molar-refractivity contribution in [3.05, 3.63) is 78.4 Å². The number of benzene rings is 3. The Morgan fingerprint density at radius 1 is 0.969 bits per heavy atom. The average Bonchev–Trinajstić information content (AvgIpc) is 2.79. The zero-order chi connectivity index (χ0) is 23.3. The number of hydrogen-bond donors (Lipinski definition) is 1. The molecule has 3 aromatic carbocycles. The topological polar surface area (TPSA) is 84.9 Å². The summed E-state index contributed by atoms with van der Waals surface area (Å²) in [6, 6.07) is 18.0. The lowest BCUT2D eigenvalue weighted by atomic mass is 10.2. The van der Waals surface area contributed by atoms with E-state index in [-0.39, 0.29) is 27.6 Å². The third kappa shape index (κ3) is 5.14. The number of carbonyl (C=O) groups is 1. The largest absolute Gasteiger partial charge is 0.493 e. The van der Waals surface area contributed by atoms with Crippen molar-refractivity contribution >= 4 is 27.3 Å². The van der Waals surface area contributed by atoms with E-state index in [9.17, 15) is 22.0 Å². The van der Waals surface area contributed by atoms with E-state index >= 15 is 0 Å². The van der Waals surface area contributed by atoms with Crippen LogP contribution in [-0.4, -0.2) is 35.1 Å². The molecule has 0 atom stereocenters. The minimum absolute atomic E-state index is 0.0115. The highest BCUT2D eigenvalue weighted by Gasteiger charge is 2.21. The van der Waals surface area contributed by atoms with Crippen LogP contribution in [0.3, 0.4) is 0 Å². The number of sulfonamides is 1. The van der Waals surface area contributed by atoms with E-state index in [2.05, 4.69) is 10.1 Å². The summed E-state index contributed by atoms with van der Waals surface area (Å²) in [7, 11) is -1.08. The Morgan fingerprint density at radius 3 is 2.22 bits per heavy atom. The number of amides is 1. The molecule has 0 aliphatic heterocycles. The second-order valence-electron chi connectivity index (χ2n) is 6.53. The fourth-order valence-corrected chi connectivity index (χ4v) is 4.05. The quantitative estimate of drug-likeness (QED) is 0.537. The van der Waals surface area contributed by atoms with Crippen LogP contribution in [0.2, 0.25) is 0 Å². The molecular weight excluding hydrogens is 442 g/mol. The maximum atomic E-state index is 12.8. The number of nitrogens with zero attached hydrogens (tertiary/aromatic N) is 1. The van der Waals surface area contributed by atoms with E-state index in [1.54, 1.807) is 30.3 Å². The summed E-state index contributed by atoms with van der Waals surface area (Å²) in [6.45, 7) is -3.06. The number of alkyl halides is 2. The normalized spacial score (nSPS) is 11.2. The molecule has 0 spiro atoms. The minimum Gasteiger partial charge on any atom is -0.493 e. The second kappa shape index (κ2) is 9.65. The number of para-hydroxylation sites is 1. The van der Waals surface area contributed by atoms with Crippen LogP contribution in [0.5, 0.6) is 11.5 Å². The standard InChI is InChI=1S/C22H20F2N2O5S/c1-26(17-6-4-3-5-7-17)32(28,29)18-11-8-15(9-12-18)21(27)25-16-10-13-19(30-2)20(14-16)31-22(23)24/h3-14,22H,1-2H3,(H,25,27). The third-order valence-electron chi connectivity index (χ3n) is 4.53. The van der Waals surface area contributed by atoms with Gasteiger partial charge in [0.25, 0.3) is 15.9 Å². The minimum atomic E-state index is -3.82. The van der Waals surface area contributed by atoms with Crippen molar-refractivity contribution < 1.29 is 31.5 Å². The lowest BCUT2D eigenvalue weighted by molar-refractivity contribution is -0.0511. The monoisotopic (exact) mass is 462 g/mol. The van der Waals surface area contributed by atoms with Gasteiger partial charge in [-0.2, -0.15) is 8.78 Å². The molecule has 3 rings (SSSR count). The van der Waals surface area contributed by atoms with Gasteiger partial charge in [0.1, 0.15) is 0 Å². The predicted octanol–water partition coefficient (Wildman–Crippen LogP) is 4.37. The smallest absolute Gasteiger partial charge is 0.387 e. The fourth-order valence-electron chi connectivity index (χ4n) is 2.86. The summed E-state index contributed by atoms with van der Waals surface area (Å²) in [4.78, 5) is 12.5. The Balaban J connectivity index is 1.77. The lowest BCUT2D eigenvalue weighted by Gasteiger charge is -2.19. The molecule has 1 N–H and O–H groups in total. The maximum Gasteiger partial charge on any atom is 0.387 e. The molecule has 0 fully saturated rings. The van der Waals surface area contributed by atoms with Gasteiger partial charge in [-0.15, -0.1) is 0 Å². The van der Waals surface area contributed by atoms with Gasteiger partial charge in [0.2, 0.25) is 0 Å². The Kier molecular flexibility index (Phi) is 6.94. The van der Waals surface area contributed by atoms with Crippen LogP contribution in [0.4, 0.5) is 20.2 Å². The maximum absolute atomic E-state index is 12.8. The fraction of sp³-hybridized carbons (Fsp3) is 0.136. The first-order valence-corrected chi connectivity index (χ1v) is 10.7. The molecule has 0 aliphatic carbocycles.